The first-order valence-corrected chi connectivity index (χ1v) is 7.94. The molecule has 0 aliphatic heterocycles. The lowest BCUT2D eigenvalue weighted by Crippen LogP contribution is -2.27. The number of rotatable bonds is 8. The first-order valence-electron chi connectivity index (χ1n) is 7.94. The Morgan fingerprint density at radius 3 is 2.50 bits per heavy atom. The van der Waals surface area contributed by atoms with E-state index in [1.165, 1.54) is 4.90 Å². The van der Waals surface area contributed by atoms with Crippen LogP contribution in [0.1, 0.15) is 11.1 Å². The highest BCUT2D eigenvalue weighted by molar-refractivity contribution is 5.77. The molecule has 0 aliphatic rings. The summed E-state index contributed by atoms with van der Waals surface area (Å²) in [7, 11) is 3.42. The molecule has 0 radical (unpaired) electrons. The summed E-state index contributed by atoms with van der Waals surface area (Å²) >= 11 is 0. The van der Waals surface area contributed by atoms with E-state index in [1.807, 2.05) is 48.5 Å². The van der Waals surface area contributed by atoms with Gasteiger partial charge >= 0.3 is 0 Å². The number of anilines is 1. The van der Waals surface area contributed by atoms with Crippen molar-refractivity contribution < 1.29 is 14.6 Å². The monoisotopic (exact) mass is 328 g/mol. The Bertz CT molecular complexity index is 654. The third kappa shape index (κ3) is 5.28. The van der Waals surface area contributed by atoms with Gasteiger partial charge < -0.3 is 20.1 Å². The Morgan fingerprint density at radius 1 is 1.12 bits per heavy atom. The molecular formula is C19H24N2O3. The van der Waals surface area contributed by atoms with Crippen LogP contribution >= 0.6 is 0 Å². The Hall–Kier alpha value is -2.53. The van der Waals surface area contributed by atoms with E-state index < -0.39 is 0 Å². The molecule has 2 aromatic rings. The fraction of sp³-hybridized carbons (Fsp3) is 0.316. The number of nitrogens with zero attached hydrogens (tertiary/aromatic N) is 1. The van der Waals surface area contributed by atoms with Gasteiger partial charge in [0, 0.05) is 38.5 Å². The van der Waals surface area contributed by atoms with E-state index in [0.717, 1.165) is 16.8 Å². The highest BCUT2D eigenvalue weighted by Gasteiger charge is 2.08. The molecule has 0 aliphatic carbocycles. The molecule has 0 spiro atoms. The van der Waals surface area contributed by atoms with Crippen molar-refractivity contribution in [2.24, 2.45) is 0 Å². The minimum absolute atomic E-state index is 0.0276. The van der Waals surface area contributed by atoms with Gasteiger partial charge in [-0.2, -0.15) is 0 Å². The number of aliphatic hydroxyl groups is 1. The lowest BCUT2D eigenvalue weighted by Gasteiger charge is -2.15. The van der Waals surface area contributed by atoms with Gasteiger partial charge in [-0.3, -0.25) is 4.79 Å². The van der Waals surface area contributed by atoms with Crippen LogP contribution in [0.5, 0.6) is 5.75 Å². The molecule has 24 heavy (non-hydrogen) atoms. The van der Waals surface area contributed by atoms with Gasteiger partial charge in [0.1, 0.15) is 5.75 Å². The van der Waals surface area contributed by atoms with Crippen molar-refractivity contribution in [2.45, 2.75) is 13.0 Å². The van der Waals surface area contributed by atoms with E-state index in [4.69, 9.17) is 9.84 Å². The van der Waals surface area contributed by atoms with Crippen LogP contribution in [0.15, 0.2) is 48.5 Å². The van der Waals surface area contributed by atoms with Crippen LogP contribution < -0.4 is 10.1 Å². The van der Waals surface area contributed by atoms with E-state index in [9.17, 15) is 4.79 Å². The van der Waals surface area contributed by atoms with Gasteiger partial charge in [0.05, 0.1) is 0 Å². The number of ether oxygens (including phenoxy) is 1. The van der Waals surface area contributed by atoms with Gasteiger partial charge in [0.2, 0.25) is 0 Å². The number of aliphatic hydroxyl groups excluding tert-OH is 1. The fourth-order valence-electron chi connectivity index (χ4n) is 2.17. The van der Waals surface area contributed by atoms with Crippen molar-refractivity contribution in [2.75, 3.05) is 32.6 Å². The van der Waals surface area contributed by atoms with Crippen molar-refractivity contribution in [3.63, 3.8) is 0 Å². The van der Waals surface area contributed by atoms with Gasteiger partial charge in [-0.1, -0.05) is 30.3 Å². The zero-order valence-corrected chi connectivity index (χ0v) is 14.2. The predicted octanol–water partition coefficient (Wildman–Crippen LogP) is 2.30. The van der Waals surface area contributed by atoms with Crippen molar-refractivity contribution in [3.8, 4) is 5.75 Å². The van der Waals surface area contributed by atoms with Crippen molar-refractivity contribution in [3.05, 3.63) is 59.7 Å². The predicted molar refractivity (Wildman–Crippen MR) is 95.2 cm³/mol. The molecule has 0 saturated heterocycles. The normalized spacial score (nSPS) is 10.3. The average molecular weight is 328 g/mol. The van der Waals surface area contributed by atoms with Gasteiger partial charge in [0.15, 0.2) is 6.61 Å². The molecular weight excluding hydrogens is 304 g/mol. The van der Waals surface area contributed by atoms with Gasteiger partial charge in [0.25, 0.3) is 5.91 Å². The van der Waals surface area contributed by atoms with E-state index in [2.05, 4.69) is 5.32 Å². The molecule has 0 atom stereocenters. The molecule has 5 heteroatoms. The lowest BCUT2D eigenvalue weighted by molar-refractivity contribution is -0.130. The first-order chi connectivity index (χ1) is 11.6. The number of nitrogens with one attached hydrogen (secondary N) is 1. The second-order valence-corrected chi connectivity index (χ2v) is 5.71. The van der Waals surface area contributed by atoms with Crippen molar-refractivity contribution in [1.82, 2.24) is 4.90 Å². The Morgan fingerprint density at radius 2 is 1.83 bits per heavy atom. The maximum absolute atomic E-state index is 11.7. The summed E-state index contributed by atoms with van der Waals surface area (Å²) in [6.07, 6.45) is 0.664. The van der Waals surface area contributed by atoms with Crippen LogP contribution in [0.3, 0.4) is 0 Å². The smallest absolute Gasteiger partial charge is 0.259 e. The van der Waals surface area contributed by atoms with Gasteiger partial charge in [-0.05, 0) is 30.2 Å². The Labute approximate surface area is 142 Å². The first kappa shape index (κ1) is 17.8. The average Bonchev–Trinajstić information content (AvgIpc) is 2.60. The third-order valence-corrected chi connectivity index (χ3v) is 3.66. The third-order valence-electron chi connectivity index (χ3n) is 3.66. The summed E-state index contributed by atoms with van der Waals surface area (Å²) in [5.41, 5.74) is 3.09. The highest BCUT2D eigenvalue weighted by Crippen LogP contribution is 2.20. The minimum atomic E-state index is -0.0720. The number of hydrogen-bond acceptors (Lipinski definition) is 4. The van der Waals surface area contributed by atoms with Crippen LogP contribution in [0.4, 0.5) is 5.69 Å². The standard InChI is InChI=1S/C19H24N2O3/c1-21(2)19(23)14-24-18-6-4-3-5-16(18)13-20-17-9-7-15(8-10-17)11-12-22/h3-10,20,22H,11-14H2,1-2H3. The topological polar surface area (TPSA) is 61.8 Å². The number of likely N-dealkylation sites (N-methyl/N-ethyl adjacent to an activating group) is 1. The second kappa shape index (κ2) is 8.93. The number of amides is 1. The van der Waals surface area contributed by atoms with Gasteiger partial charge in [-0.15, -0.1) is 0 Å². The number of benzene rings is 2. The Balaban J connectivity index is 1.95. The SMILES string of the molecule is CN(C)C(=O)COc1ccccc1CNc1ccc(CCO)cc1. The maximum Gasteiger partial charge on any atom is 0.259 e. The molecule has 2 aromatic carbocycles. The van der Waals surface area contributed by atoms with Crippen LogP contribution in [-0.4, -0.2) is 43.2 Å². The Kier molecular flexibility index (Phi) is 6.63. The molecule has 0 bridgehead atoms. The van der Waals surface area contributed by atoms with E-state index in [1.54, 1.807) is 14.1 Å². The van der Waals surface area contributed by atoms with Crippen LogP contribution in [0, 0.1) is 0 Å². The fourth-order valence-corrected chi connectivity index (χ4v) is 2.17. The molecule has 1 amide bonds. The highest BCUT2D eigenvalue weighted by atomic mass is 16.5. The van der Waals surface area contributed by atoms with Crippen molar-refractivity contribution in [1.29, 1.82) is 0 Å². The van der Waals surface area contributed by atoms with Crippen molar-refractivity contribution >= 4 is 11.6 Å². The summed E-state index contributed by atoms with van der Waals surface area (Å²) in [5, 5.41) is 12.3. The molecule has 0 unspecified atom stereocenters. The summed E-state index contributed by atoms with van der Waals surface area (Å²) in [4.78, 5) is 13.2. The molecule has 5 nitrogen and oxygen atoms in total. The molecule has 0 heterocycles. The maximum atomic E-state index is 11.7. The lowest BCUT2D eigenvalue weighted by atomic mass is 10.1. The summed E-state index contributed by atoms with van der Waals surface area (Å²) in [5.74, 6) is 0.634. The molecule has 0 fully saturated rings. The van der Waals surface area contributed by atoms with Gasteiger partial charge in [-0.25, -0.2) is 0 Å². The quantitative estimate of drug-likeness (QED) is 0.780. The number of carbonyl (C=O) groups is 1. The number of carbonyl (C=O) groups excluding carboxylic acids is 1. The number of para-hydroxylation sites is 1. The van der Waals surface area contributed by atoms with Crippen LogP contribution in [0.25, 0.3) is 0 Å². The second-order valence-electron chi connectivity index (χ2n) is 5.71. The van der Waals surface area contributed by atoms with E-state index in [0.29, 0.717) is 18.7 Å². The van der Waals surface area contributed by atoms with Crippen LogP contribution in [-0.2, 0) is 17.8 Å². The number of hydrogen-bond donors (Lipinski definition) is 2. The molecule has 128 valence electrons. The molecule has 0 saturated carbocycles. The van der Waals surface area contributed by atoms with Crippen LogP contribution in [0.2, 0.25) is 0 Å². The minimum Gasteiger partial charge on any atom is -0.483 e. The molecule has 0 aromatic heterocycles. The summed E-state index contributed by atoms with van der Waals surface area (Å²) in [6.45, 7) is 0.786. The molecule has 2 N–H and O–H groups in total. The summed E-state index contributed by atoms with van der Waals surface area (Å²) in [6, 6.07) is 15.7. The van der Waals surface area contributed by atoms with E-state index >= 15 is 0 Å². The summed E-state index contributed by atoms with van der Waals surface area (Å²) < 4.78 is 5.64. The largest absolute Gasteiger partial charge is 0.483 e. The van der Waals surface area contributed by atoms with E-state index in [-0.39, 0.29) is 19.1 Å². The zero-order valence-electron chi connectivity index (χ0n) is 14.2. The molecule has 2 rings (SSSR count). The zero-order chi connectivity index (χ0) is 17.4.